The van der Waals surface area contributed by atoms with E-state index in [9.17, 15) is 13.5 Å². The monoisotopic (exact) mass is 553 g/mol. The second-order valence-electron chi connectivity index (χ2n) is 6.11. The van der Waals surface area contributed by atoms with Gasteiger partial charge in [-0.05, 0) is 42.5 Å². The van der Waals surface area contributed by atoms with Crippen molar-refractivity contribution in [1.29, 1.82) is 0 Å². The lowest BCUT2D eigenvalue weighted by atomic mass is 10.1. The summed E-state index contributed by atoms with van der Waals surface area (Å²) in [6.45, 7) is 3.26. The molecule has 0 spiro atoms. The van der Waals surface area contributed by atoms with Crippen molar-refractivity contribution in [2.24, 2.45) is 4.99 Å². The van der Waals surface area contributed by atoms with E-state index in [4.69, 9.17) is 4.74 Å². The van der Waals surface area contributed by atoms with Gasteiger partial charge in [-0.2, -0.15) is 0 Å². The zero-order valence-corrected chi connectivity index (χ0v) is 20.5. The van der Waals surface area contributed by atoms with E-state index in [0.717, 1.165) is 29.1 Å². The summed E-state index contributed by atoms with van der Waals surface area (Å²) >= 11 is 1.15. The van der Waals surface area contributed by atoms with Crippen molar-refractivity contribution in [3.63, 3.8) is 0 Å². The summed E-state index contributed by atoms with van der Waals surface area (Å²) in [5.74, 6) is 1.02. The fraction of sp³-hybridized carbons (Fsp3) is 0.421. The molecule has 1 atom stereocenters. The molecule has 0 bridgehead atoms. The van der Waals surface area contributed by atoms with Crippen molar-refractivity contribution in [2.45, 2.75) is 23.7 Å². The zero-order valence-electron chi connectivity index (χ0n) is 16.5. The van der Waals surface area contributed by atoms with Crippen molar-refractivity contribution in [3.8, 4) is 5.75 Å². The Morgan fingerprint density at radius 3 is 2.55 bits per heavy atom. The number of hydrogen-bond donors (Lipinski definition) is 3. The van der Waals surface area contributed by atoms with E-state index >= 15 is 0 Å². The lowest BCUT2D eigenvalue weighted by Crippen LogP contribution is -2.39. The molecule has 1 aromatic carbocycles. The van der Waals surface area contributed by atoms with Crippen LogP contribution in [0.5, 0.6) is 5.75 Å². The van der Waals surface area contributed by atoms with E-state index in [0.29, 0.717) is 19.0 Å². The molecule has 0 saturated carbocycles. The number of guanidine groups is 1. The van der Waals surface area contributed by atoms with Crippen LogP contribution in [0, 0.1) is 0 Å². The number of nitrogens with one attached hydrogen (secondary N) is 2. The Morgan fingerprint density at radius 1 is 1.24 bits per heavy atom. The van der Waals surface area contributed by atoms with Crippen LogP contribution >= 0.6 is 35.3 Å². The van der Waals surface area contributed by atoms with Gasteiger partial charge < -0.3 is 20.5 Å². The molecule has 1 unspecified atom stereocenters. The molecule has 1 heterocycles. The highest BCUT2D eigenvalue weighted by Crippen LogP contribution is 2.18. The van der Waals surface area contributed by atoms with Crippen LogP contribution in [0.1, 0.15) is 12.5 Å². The van der Waals surface area contributed by atoms with Gasteiger partial charge in [0.05, 0.1) is 25.5 Å². The third kappa shape index (κ3) is 8.89. The lowest BCUT2D eigenvalue weighted by Gasteiger charge is -2.13. The molecule has 0 amide bonds. The van der Waals surface area contributed by atoms with Gasteiger partial charge in [-0.3, -0.25) is 4.99 Å². The van der Waals surface area contributed by atoms with Crippen LogP contribution in [-0.4, -0.2) is 58.1 Å². The fourth-order valence-corrected chi connectivity index (χ4v) is 4.95. The maximum Gasteiger partial charge on any atom is 0.191 e. The highest BCUT2D eigenvalue weighted by atomic mass is 127. The second-order valence-corrected chi connectivity index (χ2v) is 9.32. The normalized spacial score (nSPS) is 12.7. The summed E-state index contributed by atoms with van der Waals surface area (Å²) in [5, 5.41) is 18.1. The van der Waals surface area contributed by atoms with Gasteiger partial charge in [0.1, 0.15) is 9.96 Å². The van der Waals surface area contributed by atoms with E-state index in [1.54, 1.807) is 24.6 Å². The predicted molar refractivity (Wildman–Crippen MR) is 128 cm³/mol. The van der Waals surface area contributed by atoms with Gasteiger partial charge in [-0.1, -0.05) is 18.2 Å². The molecule has 1 aromatic heterocycles. The van der Waals surface area contributed by atoms with Crippen LogP contribution in [0.3, 0.4) is 0 Å². The Hall–Kier alpha value is -1.37. The molecule has 0 radical (unpaired) electrons. The minimum absolute atomic E-state index is 0. The lowest BCUT2D eigenvalue weighted by molar-refractivity contribution is 0.206. The summed E-state index contributed by atoms with van der Waals surface area (Å²) in [7, 11) is -1.85. The summed E-state index contributed by atoms with van der Waals surface area (Å²) < 4.78 is 29.8. The highest BCUT2D eigenvalue weighted by molar-refractivity contribution is 14.0. The Bertz CT molecular complexity index is 841. The number of benzene rings is 1. The van der Waals surface area contributed by atoms with Crippen LogP contribution in [0.25, 0.3) is 0 Å². The number of hydrogen-bond acceptors (Lipinski definition) is 6. The van der Waals surface area contributed by atoms with E-state index < -0.39 is 15.9 Å². The molecule has 29 heavy (non-hydrogen) atoms. The van der Waals surface area contributed by atoms with E-state index in [1.165, 1.54) is 0 Å². The molecule has 162 valence electrons. The minimum atomic E-state index is -3.49. The molecule has 0 saturated heterocycles. The third-order valence-electron chi connectivity index (χ3n) is 3.88. The van der Waals surface area contributed by atoms with E-state index in [1.807, 2.05) is 31.2 Å². The third-order valence-corrected chi connectivity index (χ3v) is 7.17. The van der Waals surface area contributed by atoms with Crippen LogP contribution in [0.15, 0.2) is 51.0 Å². The summed E-state index contributed by atoms with van der Waals surface area (Å²) in [5.41, 5.74) is 1.16. The second kappa shape index (κ2) is 13.0. The standard InChI is InChI=1S/C19H27N3O4S2.HI/c1-3-20-19(21-11-10-15-6-8-17(26-2)9-7-15)22-13-16(23)14-28(24,25)18-5-4-12-27-18;/h4-9,12,16,23H,3,10-11,13-14H2,1-2H3,(H2,20,21,22);1H. The van der Waals surface area contributed by atoms with Crippen molar-refractivity contribution in [1.82, 2.24) is 10.6 Å². The van der Waals surface area contributed by atoms with Gasteiger partial charge >= 0.3 is 0 Å². The fourth-order valence-electron chi connectivity index (χ4n) is 2.48. The molecular formula is C19H28IN3O4S2. The average Bonchev–Trinajstić information content (AvgIpc) is 3.22. The summed E-state index contributed by atoms with van der Waals surface area (Å²) in [6, 6.07) is 11.1. The Morgan fingerprint density at radius 2 is 1.97 bits per heavy atom. The smallest absolute Gasteiger partial charge is 0.191 e. The molecule has 0 aliphatic carbocycles. The van der Waals surface area contributed by atoms with Crippen molar-refractivity contribution in [3.05, 3.63) is 47.3 Å². The zero-order chi connectivity index (χ0) is 20.4. The molecule has 3 N–H and O–H groups in total. The molecular weight excluding hydrogens is 525 g/mol. The quantitative estimate of drug-likeness (QED) is 0.237. The first-order valence-electron chi connectivity index (χ1n) is 9.04. The van der Waals surface area contributed by atoms with Crippen LogP contribution in [0.2, 0.25) is 0 Å². The Labute approximate surface area is 193 Å². The molecule has 10 heteroatoms. The number of aliphatic hydroxyl groups excluding tert-OH is 1. The minimum Gasteiger partial charge on any atom is -0.497 e. The van der Waals surface area contributed by atoms with Crippen molar-refractivity contribution in [2.75, 3.05) is 32.5 Å². The van der Waals surface area contributed by atoms with E-state index in [2.05, 4.69) is 15.6 Å². The maximum absolute atomic E-state index is 12.2. The van der Waals surface area contributed by atoms with Crippen LogP contribution < -0.4 is 15.4 Å². The molecule has 2 rings (SSSR count). The SMILES string of the molecule is CCNC(=NCC(O)CS(=O)(=O)c1cccs1)NCCc1ccc(OC)cc1.I. The number of aliphatic imine (C=N–C) groups is 1. The number of aliphatic hydroxyl groups is 1. The largest absolute Gasteiger partial charge is 0.497 e. The Balaban J connectivity index is 0.00000420. The number of sulfone groups is 1. The molecule has 2 aromatic rings. The number of ether oxygens (including phenoxy) is 1. The molecule has 0 aliphatic heterocycles. The first-order chi connectivity index (χ1) is 13.4. The van der Waals surface area contributed by atoms with Gasteiger partial charge in [0, 0.05) is 13.1 Å². The first kappa shape index (κ1) is 25.7. The summed E-state index contributed by atoms with van der Waals surface area (Å²) in [6.07, 6.45) is -0.270. The van der Waals surface area contributed by atoms with Gasteiger partial charge in [-0.25, -0.2) is 8.42 Å². The van der Waals surface area contributed by atoms with Gasteiger partial charge in [0.15, 0.2) is 15.8 Å². The average molecular weight is 553 g/mol. The van der Waals surface area contributed by atoms with Crippen molar-refractivity contribution >= 4 is 51.1 Å². The van der Waals surface area contributed by atoms with Gasteiger partial charge in [0.2, 0.25) is 0 Å². The molecule has 0 aliphatic rings. The van der Waals surface area contributed by atoms with Crippen LogP contribution in [-0.2, 0) is 16.3 Å². The predicted octanol–water partition coefficient (Wildman–Crippen LogP) is 2.31. The van der Waals surface area contributed by atoms with Crippen LogP contribution in [0.4, 0.5) is 0 Å². The topological polar surface area (TPSA) is 100 Å². The Kier molecular flexibility index (Phi) is 11.5. The highest BCUT2D eigenvalue weighted by Gasteiger charge is 2.20. The first-order valence-corrected chi connectivity index (χ1v) is 11.6. The summed E-state index contributed by atoms with van der Waals surface area (Å²) in [4.78, 5) is 4.30. The molecule has 0 fully saturated rings. The van der Waals surface area contributed by atoms with Gasteiger partial charge in [0.25, 0.3) is 0 Å². The number of nitrogens with zero attached hydrogens (tertiary/aromatic N) is 1. The van der Waals surface area contributed by atoms with Crippen molar-refractivity contribution < 1.29 is 18.3 Å². The number of rotatable bonds is 10. The number of methoxy groups -OCH3 is 1. The maximum atomic E-state index is 12.2. The number of halogens is 1. The van der Waals surface area contributed by atoms with E-state index in [-0.39, 0.29) is 40.5 Å². The van der Waals surface area contributed by atoms with Gasteiger partial charge in [-0.15, -0.1) is 35.3 Å². The molecule has 7 nitrogen and oxygen atoms in total. The number of thiophene rings is 1.